The van der Waals surface area contributed by atoms with Crippen molar-refractivity contribution in [2.45, 2.75) is 5.33 Å². The molecular formula is C10H9BrN2O2. The number of aromatic nitrogens is 2. The molecule has 1 aromatic heterocycles. The van der Waals surface area contributed by atoms with Crippen LogP contribution in [0, 0.1) is 0 Å². The second-order valence-corrected chi connectivity index (χ2v) is 3.72. The van der Waals surface area contributed by atoms with E-state index >= 15 is 0 Å². The molecule has 0 saturated carbocycles. The Morgan fingerprint density at radius 3 is 2.53 bits per heavy atom. The molecule has 0 N–H and O–H groups in total. The first-order chi connectivity index (χ1) is 7.22. The van der Waals surface area contributed by atoms with E-state index in [4.69, 9.17) is 0 Å². The molecule has 0 bridgehead atoms. The molecule has 0 unspecified atom stereocenters. The zero-order valence-electron chi connectivity index (χ0n) is 8.11. The maximum Gasteiger partial charge on any atom is 0.441 e. The summed E-state index contributed by atoms with van der Waals surface area (Å²) in [6, 6.07) is 7.77. The number of benzene rings is 1. The average molecular weight is 269 g/mol. The van der Waals surface area contributed by atoms with Gasteiger partial charge >= 0.3 is 5.76 Å². The molecule has 5 heteroatoms. The summed E-state index contributed by atoms with van der Waals surface area (Å²) < 4.78 is 5.93. The van der Waals surface area contributed by atoms with Crippen molar-refractivity contribution in [1.82, 2.24) is 9.72 Å². The first-order valence-electron chi connectivity index (χ1n) is 4.40. The predicted octanol–water partition coefficient (Wildman–Crippen LogP) is 1.94. The van der Waals surface area contributed by atoms with Gasteiger partial charge in [0.2, 0.25) is 0 Å². The molecule has 2 aromatic rings. The highest BCUT2D eigenvalue weighted by Gasteiger charge is 2.08. The van der Waals surface area contributed by atoms with Crippen molar-refractivity contribution in [2.75, 3.05) is 0 Å². The van der Waals surface area contributed by atoms with Gasteiger partial charge in [-0.3, -0.25) is 9.09 Å². The third-order valence-corrected chi connectivity index (χ3v) is 2.82. The van der Waals surface area contributed by atoms with E-state index in [1.807, 2.05) is 24.3 Å². The monoisotopic (exact) mass is 268 g/mol. The summed E-state index contributed by atoms with van der Waals surface area (Å²) in [6.45, 7) is 0. The maximum absolute atomic E-state index is 11.1. The maximum atomic E-state index is 11.1. The lowest BCUT2D eigenvalue weighted by molar-refractivity contribution is 0.380. The smallest absolute Gasteiger partial charge is 0.295 e. The van der Waals surface area contributed by atoms with Gasteiger partial charge in [0.1, 0.15) is 0 Å². The molecule has 1 aromatic carbocycles. The fraction of sp³-hybridized carbons (Fsp3) is 0.200. The van der Waals surface area contributed by atoms with Gasteiger partial charge < -0.3 is 0 Å². The van der Waals surface area contributed by atoms with E-state index in [9.17, 15) is 4.79 Å². The summed E-state index contributed by atoms with van der Waals surface area (Å²) in [4.78, 5) is 11.1. The Labute approximate surface area is 94.6 Å². The van der Waals surface area contributed by atoms with E-state index in [0.717, 1.165) is 10.9 Å². The van der Waals surface area contributed by atoms with Gasteiger partial charge in [-0.2, -0.15) is 0 Å². The van der Waals surface area contributed by atoms with Gasteiger partial charge in [-0.15, -0.1) is 0 Å². The number of alkyl halides is 1. The van der Waals surface area contributed by atoms with Gasteiger partial charge in [0.25, 0.3) is 0 Å². The summed E-state index contributed by atoms with van der Waals surface area (Å²) in [5.74, 6) is 0.0932. The van der Waals surface area contributed by atoms with Gasteiger partial charge in [-0.1, -0.05) is 45.4 Å². The number of halogens is 1. The molecular weight excluding hydrogens is 260 g/mol. The van der Waals surface area contributed by atoms with Crippen LogP contribution in [-0.2, 0) is 12.4 Å². The summed E-state index contributed by atoms with van der Waals surface area (Å²) in [7, 11) is 1.63. The van der Waals surface area contributed by atoms with E-state index in [0.29, 0.717) is 5.82 Å². The van der Waals surface area contributed by atoms with Gasteiger partial charge in [0, 0.05) is 17.9 Å². The fourth-order valence-corrected chi connectivity index (χ4v) is 1.65. The lowest BCUT2D eigenvalue weighted by Crippen LogP contribution is -2.10. The van der Waals surface area contributed by atoms with Crippen LogP contribution in [0.25, 0.3) is 11.4 Å². The molecule has 4 nitrogen and oxygen atoms in total. The lowest BCUT2D eigenvalue weighted by Gasteiger charge is -1.99. The molecule has 0 aliphatic carbocycles. The number of nitrogens with zero attached hydrogens (tertiary/aromatic N) is 2. The fourth-order valence-electron chi connectivity index (χ4n) is 1.28. The standard InChI is InChI=1S/C10H9BrN2O2/c1-13-9(12-15-10(13)14)8-4-2-7(6-11)3-5-8/h2-5H,6H2,1H3. The van der Waals surface area contributed by atoms with Crippen LogP contribution in [0.4, 0.5) is 0 Å². The van der Waals surface area contributed by atoms with Crippen molar-refractivity contribution in [3.8, 4) is 11.4 Å². The van der Waals surface area contributed by atoms with E-state index in [1.54, 1.807) is 7.05 Å². The quantitative estimate of drug-likeness (QED) is 0.783. The van der Waals surface area contributed by atoms with Crippen LogP contribution in [-0.4, -0.2) is 9.72 Å². The summed E-state index contributed by atoms with van der Waals surface area (Å²) in [5, 5.41) is 4.52. The number of hydrogen-bond acceptors (Lipinski definition) is 3. The van der Waals surface area contributed by atoms with Gasteiger partial charge in [0.15, 0.2) is 5.82 Å². The molecule has 0 fully saturated rings. The van der Waals surface area contributed by atoms with Crippen LogP contribution in [0.3, 0.4) is 0 Å². The Balaban J connectivity index is 2.46. The highest BCUT2D eigenvalue weighted by Crippen LogP contribution is 2.16. The normalized spacial score (nSPS) is 10.5. The van der Waals surface area contributed by atoms with Crippen molar-refractivity contribution < 1.29 is 4.52 Å². The van der Waals surface area contributed by atoms with Crippen LogP contribution in [0.1, 0.15) is 5.56 Å². The third kappa shape index (κ3) is 1.87. The van der Waals surface area contributed by atoms with Crippen LogP contribution in [0.2, 0.25) is 0 Å². The SMILES string of the molecule is Cn1c(-c2ccc(CBr)cc2)noc1=O. The zero-order valence-corrected chi connectivity index (χ0v) is 9.69. The van der Waals surface area contributed by atoms with E-state index in [1.165, 1.54) is 10.1 Å². The average Bonchev–Trinajstić information content (AvgIpc) is 2.60. The van der Waals surface area contributed by atoms with Crippen molar-refractivity contribution in [3.63, 3.8) is 0 Å². The molecule has 0 aliphatic rings. The third-order valence-electron chi connectivity index (χ3n) is 2.17. The molecule has 0 spiro atoms. The number of rotatable bonds is 2. The summed E-state index contributed by atoms with van der Waals surface area (Å²) in [6.07, 6.45) is 0. The molecule has 0 amide bonds. The lowest BCUT2D eigenvalue weighted by atomic mass is 10.1. The Hall–Kier alpha value is -1.36. The van der Waals surface area contributed by atoms with Crippen LogP contribution in [0.5, 0.6) is 0 Å². The molecule has 1 heterocycles. The highest BCUT2D eigenvalue weighted by atomic mass is 79.9. The summed E-state index contributed by atoms with van der Waals surface area (Å²) >= 11 is 3.37. The van der Waals surface area contributed by atoms with Crippen molar-refractivity contribution in [1.29, 1.82) is 0 Å². The number of hydrogen-bond donors (Lipinski definition) is 0. The zero-order chi connectivity index (χ0) is 10.8. The van der Waals surface area contributed by atoms with Crippen molar-refractivity contribution >= 4 is 15.9 Å². The largest absolute Gasteiger partial charge is 0.441 e. The van der Waals surface area contributed by atoms with Crippen LogP contribution in [0.15, 0.2) is 33.6 Å². The molecule has 0 aliphatic heterocycles. The van der Waals surface area contributed by atoms with Gasteiger partial charge in [-0.05, 0) is 5.56 Å². The van der Waals surface area contributed by atoms with E-state index in [2.05, 4.69) is 25.6 Å². The first-order valence-corrected chi connectivity index (χ1v) is 5.52. The summed E-state index contributed by atoms with van der Waals surface area (Å²) in [5.41, 5.74) is 2.04. The molecule has 0 radical (unpaired) electrons. The molecule has 78 valence electrons. The van der Waals surface area contributed by atoms with Crippen LogP contribution >= 0.6 is 15.9 Å². The molecule has 0 atom stereocenters. The van der Waals surface area contributed by atoms with Gasteiger partial charge in [-0.25, -0.2) is 4.79 Å². The van der Waals surface area contributed by atoms with Gasteiger partial charge in [0.05, 0.1) is 0 Å². The Morgan fingerprint density at radius 2 is 2.07 bits per heavy atom. The minimum absolute atomic E-state index is 0.449. The molecule has 0 saturated heterocycles. The van der Waals surface area contributed by atoms with E-state index < -0.39 is 5.76 Å². The van der Waals surface area contributed by atoms with E-state index in [-0.39, 0.29) is 0 Å². The van der Waals surface area contributed by atoms with Crippen LogP contribution < -0.4 is 5.76 Å². The Kier molecular flexibility index (Phi) is 2.73. The predicted molar refractivity (Wildman–Crippen MR) is 59.8 cm³/mol. The Bertz CT molecular complexity index is 513. The van der Waals surface area contributed by atoms with Crippen molar-refractivity contribution in [3.05, 3.63) is 40.4 Å². The Morgan fingerprint density at radius 1 is 1.40 bits per heavy atom. The molecule has 2 rings (SSSR count). The molecule has 15 heavy (non-hydrogen) atoms. The van der Waals surface area contributed by atoms with Crippen molar-refractivity contribution in [2.24, 2.45) is 7.05 Å². The highest BCUT2D eigenvalue weighted by molar-refractivity contribution is 9.08. The minimum atomic E-state index is -0.449. The topological polar surface area (TPSA) is 48.0 Å². The first kappa shape index (κ1) is 10.2. The second-order valence-electron chi connectivity index (χ2n) is 3.16. The second kappa shape index (κ2) is 4.02. The minimum Gasteiger partial charge on any atom is -0.295 e.